The molecule has 1 nitrogen and oxygen atoms in total. The Kier molecular flexibility index (Phi) is 2.56. The Balaban J connectivity index is 2.03. The molecule has 1 aromatic rings. The summed E-state index contributed by atoms with van der Waals surface area (Å²) in [6, 6.07) is 6.83. The maximum absolute atomic E-state index is 5.92. The van der Waals surface area contributed by atoms with Crippen molar-refractivity contribution in [2.75, 3.05) is 0 Å². The van der Waals surface area contributed by atoms with E-state index in [9.17, 15) is 0 Å². The van der Waals surface area contributed by atoms with E-state index in [1.165, 1.54) is 24.0 Å². The van der Waals surface area contributed by atoms with Crippen molar-refractivity contribution in [3.63, 3.8) is 0 Å². The van der Waals surface area contributed by atoms with Crippen LogP contribution in [0.5, 0.6) is 0 Å². The molecule has 0 unspecified atom stereocenters. The van der Waals surface area contributed by atoms with Crippen LogP contribution in [0.1, 0.15) is 24.0 Å². The Morgan fingerprint density at radius 2 is 2.23 bits per heavy atom. The van der Waals surface area contributed by atoms with Crippen LogP contribution >= 0.6 is 11.6 Å². The summed E-state index contributed by atoms with van der Waals surface area (Å²) in [5, 5.41) is 4.31. The number of hydrogen-bond acceptors (Lipinski definition) is 1. The maximum Gasteiger partial charge on any atom is 0.0409 e. The fourth-order valence-electron chi connectivity index (χ4n) is 1.37. The van der Waals surface area contributed by atoms with Crippen LogP contribution in [0.4, 0.5) is 0 Å². The molecule has 0 amide bonds. The van der Waals surface area contributed by atoms with Crippen molar-refractivity contribution in [3.05, 3.63) is 34.3 Å². The molecule has 2 heteroatoms. The number of halogens is 1. The number of nitrogens with one attached hydrogen (secondary N) is 1. The molecule has 1 aromatic carbocycles. The van der Waals surface area contributed by atoms with Crippen molar-refractivity contribution >= 4 is 11.6 Å². The molecule has 0 aliphatic heterocycles. The summed E-state index contributed by atoms with van der Waals surface area (Å²) in [6.45, 7) is 3.08. The number of benzene rings is 1. The topological polar surface area (TPSA) is 12.0 Å². The molecule has 1 fully saturated rings. The average Bonchev–Trinajstić information content (AvgIpc) is 2.90. The first-order chi connectivity index (χ1) is 6.25. The molecule has 0 bridgehead atoms. The Morgan fingerprint density at radius 1 is 1.46 bits per heavy atom. The van der Waals surface area contributed by atoms with Gasteiger partial charge in [-0.1, -0.05) is 17.7 Å². The highest BCUT2D eigenvalue weighted by molar-refractivity contribution is 6.30. The van der Waals surface area contributed by atoms with Gasteiger partial charge in [-0.15, -0.1) is 0 Å². The Morgan fingerprint density at radius 3 is 2.92 bits per heavy atom. The van der Waals surface area contributed by atoms with Crippen molar-refractivity contribution in [1.29, 1.82) is 0 Å². The zero-order chi connectivity index (χ0) is 9.26. The van der Waals surface area contributed by atoms with Gasteiger partial charge in [0.2, 0.25) is 0 Å². The van der Waals surface area contributed by atoms with Crippen LogP contribution in [0.3, 0.4) is 0 Å². The van der Waals surface area contributed by atoms with Crippen molar-refractivity contribution < 1.29 is 0 Å². The lowest BCUT2D eigenvalue weighted by Crippen LogP contribution is -2.15. The molecule has 0 radical (unpaired) electrons. The van der Waals surface area contributed by atoms with E-state index in [4.69, 9.17) is 11.6 Å². The van der Waals surface area contributed by atoms with Gasteiger partial charge in [-0.2, -0.15) is 0 Å². The van der Waals surface area contributed by atoms with Crippen molar-refractivity contribution in [2.45, 2.75) is 32.4 Å². The van der Waals surface area contributed by atoms with Crippen LogP contribution < -0.4 is 5.32 Å². The lowest BCUT2D eigenvalue weighted by molar-refractivity contribution is 0.685. The number of rotatable bonds is 3. The third-order valence-corrected chi connectivity index (χ3v) is 2.70. The van der Waals surface area contributed by atoms with E-state index in [0.717, 1.165) is 17.6 Å². The standard InChI is InChI=1S/C11H14ClN/c1-8-2-3-10(12)6-9(8)7-13-11-4-5-11/h2-3,6,11,13H,4-5,7H2,1H3. The minimum atomic E-state index is 0.762. The van der Waals surface area contributed by atoms with Gasteiger partial charge in [0.25, 0.3) is 0 Å². The monoisotopic (exact) mass is 195 g/mol. The van der Waals surface area contributed by atoms with Gasteiger partial charge in [-0.25, -0.2) is 0 Å². The van der Waals surface area contributed by atoms with E-state index in [1.54, 1.807) is 0 Å². The van der Waals surface area contributed by atoms with Crippen LogP contribution in [0.25, 0.3) is 0 Å². The normalized spacial score (nSPS) is 16.2. The molecule has 1 N–H and O–H groups in total. The quantitative estimate of drug-likeness (QED) is 0.782. The zero-order valence-corrected chi connectivity index (χ0v) is 8.56. The Hall–Kier alpha value is -0.530. The van der Waals surface area contributed by atoms with Crippen molar-refractivity contribution in [1.82, 2.24) is 5.32 Å². The lowest BCUT2D eigenvalue weighted by Gasteiger charge is -2.06. The third-order valence-electron chi connectivity index (χ3n) is 2.47. The van der Waals surface area contributed by atoms with Gasteiger partial charge >= 0.3 is 0 Å². The molecule has 1 aliphatic rings. The lowest BCUT2D eigenvalue weighted by atomic mass is 10.1. The van der Waals surface area contributed by atoms with E-state index in [0.29, 0.717) is 0 Å². The minimum absolute atomic E-state index is 0.762. The van der Waals surface area contributed by atoms with Crippen molar-refractivity contribution in [2.24, 2.45) is 0 Å². The van der Waals surface area contributed by atoms with E-state index in [2.05, 4.69) is 18.3 Å². The van der Waals surface area contributed by atoms with E-state index >= 15 is 0 Å². The fourth-order valence-corrected chi connectivity index (χ4v) is 1.57. The second-order valence-corrected chi connectivity index (χ2v) is 4.16. The molecule has 2 rings (SSSR count). The summed E-state index contributed by atoms with van der Waals surface area (Å²) < 4.78 is 0. The highest BCUT2D eigenvalue weighted by Gasteiger charge is 2.20. The predicted octanol–water partition coefficient (Wildman–Crippen LogP) is 2.90. The van der Waals surface area contributed by atoms with E-state index in [-0.39, 0.29) is 0 Å². The second kappa shape index (κ2) is 3.69. The van der Waals surface area contributed by atoms with Gasteiger partial charge in [0.1, 0.15) is 0 Å². The first kappa shape index (κ1) is 9.04. The van der Waals surface area contributed by atoms with Crippen LogP contribution in [0.15, 0.2) is 18.2 Å². The van der Waals surface area contributed by atoms with Crippen LogP contribution in [-0.2, 0) is 6.54 Å². The summed E-state index contributed by atoms with van der Waals surface area (Å²) in [6.07, 6.45) is 2.67. The smallest absolute Gasteiger partial charge is 0.0409 e. The SMILES string of the molecule is Cc1ccc(Cl)cc1CNC1CC1. The van der Waals surface area contributed by atoms with Crippen LogP contribution in [0, 0.1) is 6.92 Å². The highest BCUT2D eigenvalue weighted by Crippen LogP contribution is 2.21. The van der Waals surface area contributed by atoms with Crippen LogP contribution in [0.2, 0.25) is 5.02 Å². The number of aryl methyl sites for hydroxylation is 1. The highest BCUT2D eigenvalue weighted by atomic mass is 35.5. The van der Waals surface area contributed by atoms with Crippen molar-refractivity contribution in [3.8, 4) is 0 Å². The summed E-state index contributed by atoms with van der Waals surface area (Å²) in [5.74, 6) is 0. The molecule has 0 aromatic heterocycles. The maximum atomic E-state index is 5.92. The molecular formula is C11H14ClN. The van der Waals surface area contributed by atoms with Crippen LogP contribution in [-0.4, -0.2) is 6.04 Å². The zero-order valence-electron chi connectivity index (χ0n) is 7.81. The van der Waals surface area contributed by atoms with E-state index < -0.39 is 0 Å². The molecule has 1 aliphatic carbocycles. The molecule has 0 saturated heterocycles. The first-order valence-electron chi connectivity index (χ1n) is 4.74. The summed E-state index contributed by atoms with van der Waals surface area (Å²) >= 11 is 5.92. The summed E-state index contributed by atoms with van der Waals surface area (Å²) in [5.41, 5.74) is 2.64. The minimum Gasteiger partial charge on any atom is -0.310 e. The van der Waals surface area contributed by atoms with E-state index in [1.807, 2.05) is 12.1 Å². The second-order valence-electron chi connectivity index (χ2n) is 3.73. The molecule has 0 spiro atoms. The first-order valence-corrected chi connectivity index (χ1v) is 5.12. The van der Waals surface area contributed by atoms with Gasteiger partial charge in [-0.05, 0) is 43.0 Å². The predicted molar refractivity (Wildman–Crippen MR) is 56.1 cm³/mol. The largest absolute Gasteiger partial charge is 0.310 e. The van der Waals surface area contributed by atoms with Gasteiger partial charge in [0, 0.05) is 17.6 Å². The third kappa shape index (κ3) is 2.45. The average molecular weight is 196 g/mol. The molecule has 13 heavy (non-hydrogen) atoms. The van der Waals surface area contributed by atoms with Gasteiger partial charge in [-0.3, -0.25) is 0 Å². The summed E-state index contributed by atoms with van der Waals surface area (Å²) in [4.78, 5) is 0. The Bertz CT molecular complexity index is 305. The molecule has 0 atom stereocenters. The number of hydrogen-bond donors (Lipinski definition) is 1. The Labute approximate surface area is 84.1 Å². The van der Waals surface area contributed by atoms with Gasteiger partial charge in [0.05, 0.1) is 0 Å². The van der Waals surface area contributed by atoms with Gasteiger partial charge in [0.15, 0.2) is 0 Å². The van der Waals surface area contributed by atoms with Gasteiger partial charge < -0.3 is 5.32 Å². The molecule has 70 valence electrons. The summed E-state index contributed by atoms with van der Waals surface area (Å²) in [7, 11) is 0. The molecule has 1 saturated carbocycles. The molecule has 0 heterocycles. The molecular weight excluding hydrogens is 182 g/mol. The fraction of sp³-hybridized carbons (Fsp3) is 0.455.